The summed E-state index contributed by atoms with van der Waals surface area (Å²) in [4.78, 5) is 39.2. The molecular weight excluding hydrogens is 372 g/mol. The molecule has 0 bridgehead atoms. The molecule has 1 unspecified atom stereocenters. The summed E-state index contributed by atoms with van der Waals surface area (Å²) in [5.74, 6) is -1.36. The molecule has 0 aliphatic carbocycles. The standard InChI is InChI=1S/C21H26N4O4/c1-15-19(13-25(22-15)18-7-4-3-5-8-18)21(29)23-11-6-9-17(10-12-23)24(16(2)26)14-20(27)28/h3-5,7-8,13,17H,6,9-12,14H2,1-2H3,(H,27,28). The Bertz CT molecular complexity index is 893. The Balaban J connectivity index is 1.72. The van der Waals surface area contributed by atoms with Gasteiger partial charge in [-0.15, -0.1) is 0 Å². The lowest BCUT2D eigenvalue weighted by atomic mass is 10.1. The number of hydrogen-bond donors (Lipinski definition) is 1. The van der Waals surface area contributed by atoms with Crippen LogP contribution in [0.5, 0.6) is 0 Å². The third kappa shape index (κ3) is 4.82. The lowest BCUT2D eigenvalue weighted by Crippen LogP contribution is -2.43. The third-order valence-electron chi connectivity index (χ3n) is 5.29. The molecule has 1 aliphatic heterocycles. The average Bonchev–Trinajstić information content (AvgIpc) is 2.92. The molecule has 1 aromatic heterocycles. The minimum atomic E-state index is -1.03. The van der Waals surface area contributed by atoms with Crippen LogP contribution in [0.4, 0.5) is 0 Å². The van der Waals surface area contributed by atoms with Gasteiger partial charge in [-0.1, -0.05) is 18.2 Å². The van der Waals surface area contributed by atoms with Crippen molar-refractivity contribution in [3.05, 3.63) is 47.8 Å². The van der Waals surface area contributed by atoms with Crippen LogP contribution in [0, 0.1) is 6.92 Å². The summed E-state index contributed by atoms with van der Waals surface area (Å²) in [5, 5.41) is 13.6. The summed E-state index contributed by atoms with van der Waals surface area (Å²) in [6.45, 7) is 3.94. The lowest BCUT2D eigenvalue weighted by Gasteiger charge is -2.28. The van der Waals surface area contributed by atoms with Gasteiger partial charge < -0.3 is 14.9 Å². The maximum Gasteiger partial charge on any atom is 0.323 e. The summed E-state index contributed by atoms with van der Waals surface area (Å²) in [6.07, 6.45) is 3.71. The summed E-state index contributed by atoms with van der Waals surface area (Å²) in [5.41, 5.74) is 2.11. The summed E-state index contributed by atoms with van der Waals surface area (Å²) in [6, 6.07) is 9.44. The molecule has 0 saturated carbocycles. The molecule has 3 rings (SSSR count). The molecule has 1 aliphatic rings. The number of aliphatic carboxylic acids is 1. The number of hydrogen-bond acceptors (Lipinski definition) is 4. The highest BCUT2D eigenvalue weighted by Gasteiger charge is 2.29. The van der Waals surface area contributed by atoms with Crippen molar-refractivity contribution in [1.82, 2.24) is 19.6 Å². The van der Waals surface area contributed by atoms with E-state index in [4.69, 9.17) is 5.11 Å². The number of aromatic nitrogens is 2. The molecular formula is C21H26N4O4. The second-order valence-corrected chi connectivity index (χ2v) is 7.33. The Morgan fingerprint density at radius 2 is 1.90 bits per heavy atom. The largest absolute Gasteiger partial charge is 0.480 e. The first-order valence-corrected chi connectivity index (χ1v) is 9.76. The van der Waals surface area contributed by atoms with Crippen molar-refractivity contribution < 1.29 is 19.5 Å². The van der Waals surface area contributed by atoms with Crippen molar-refractivity contribution in [2.45, 2.75) is 39.2 Å². The molecule has 1 aromatic carbocycles. The highest BCUT2D eigenvalue weighted by Crippen LogP contribution is 2.20. The van der Waals surface area contributed by atoms with Crippen LogP contribution < -0.4 is 0 Å². The number of carboxylic acid groups (broad SMARTS) is 1. The number of benzene rings is 1. The van der Waals surface area contributed by atoms with E-state index < -0.39 is 5.97 Å². The van der Waals surface area contributed by atoms with E-state index >= 15 is 0 Å². The number of likely N-dealkylation sites (tertiary alicyclic amines) is 1. The Hall–Kier alpha value is -3.16. The summed E-state index contributed by atoms with van der Waals surface area (Å²) < 4.78 is 1.70. The maximum atomic E-state index is 13.1. The van der Waals surface area contributed by atoms with Crippen molar-refractivity contribution >= 4 is 17.8 Å². The van der Waals surface area contributed by atoms with Gasteiger partial charge in [0, 0.05) is 32.3 Å². The second kappa shape index (κ2) is 8.89. The Morgan fingerprint density at radius 3 is 2.55 bits per heavy atom. The molecule has 8 heteroatoms. The van der Waals surface area contributed by atoms with E-state index in [2.05, 4.69) is 5.10 Å². The van der Waals surface area contributed by atoms with Crippen LogP contribution in [0.1, 0.15) is 42.2 Å². The molecule has 8 nitrogen and oxygen atoms in total. The minimum absolute atomic E-state index is 0.0852. The van der Waals surface area contributed by atoms with Crippen LogP contribution in [-0.4, -0.2) is 68.1 Å². The molecule has 0 spiro atoms. The average molecular weight is 398 g/mol. The smallest absolute Gasteiger partial charge is 0.323 e. The predicted octanol–water partition coefficient (Wildman–Crippen LogP) is 2.11. The van der Waals surface area contributed by atoms with Crippen LogP contribution >= 0.6 is 0 Å². The first-order valence-electron chi connectivity index (χ1n) is 9.76. The zero-order valence-electron chi connectivity index (χ0n) is 16.7. The maximum absolute atomic E-state index is 13.1. The van der Waals surface area contributed by atoms with E-state index in [0.29, 0.717) is 43.6 Å². The molecule has 1 atom stereocenters. The van der Waals surface area contributed by atoms with Gasteiger partial charge in [-0.3, -0.25) is 14.4 Å². The summed E-state index contributed by atoms with van der Waals surface area (Å²) in [7, 11) is 0. The van der Waals surface area contributed by atoms with E-state index in [1.807, 2.05) is 37.3 Å². The van der Waals surface area contributed by atoms with E-state index in [9.17, 15) is 14.4 Å². The number of aryl methyl sites for hydroxylation is 1. The number of nitrogens with zero attached hydrogens (tertiary/aromatic N) is 4. The third-order valence-corrected chi connectivity index (χ3v) is 5.29. The quantitative estimate of drug-likeness (QED) is 0.832. The number of rotatable bonds is 5. The molecule has 29 heavy (non-hydrogen) atoms. The highest BCUT2D eigenvalue weighted by molar-refractivity contribution is 5.95. The van der Waals surface area contributed by atoms with Gasteiger partial charge in [0.15, 0.2) is 0 Å². The number of amides is 2. The topological polar surface area (TPSA) is 95.7 Å². The Kier molecular flexibility index (Phi) is 6.31. The Labute approximate surface area is 169 Å². The van der Waals surface area contributed by atoms with Gasteiger partial charge in [-0.05, 0) is 38.3 Å². The number of carbonyl (C=O) groups excluding carboxylic acids is 2. The van der Waals surface area contributed by atoms with E-state index in [1.54, 1.807) is 15.8 Å². The van der Waals surface area contributed by atoms with Gasteiger partial charge in [-0.25, -0.2) is 4.68 Å². The van der Waals surface area contributed by atoms with Gasteiger partial charge >= 0.3 is 5.97 Å². The predicted molar refractivity (Wildman–Crippen MR) is 107 cm³/mol. The van der Waals surface area contributed by atoms with E-state index in [0.717, 1.165) is 5.69 Å². The fraction of sp³-hybridized carbons (Fsp3) is 0.429. The molecule has 2 aromatic rings. The fourth-order valence-electron chi connectivity index (χ4n) is 3.79. The molecule has 2 heterocycles. The first kappa shape index (κ1) is 20.6. The SMILES string of the molecule is CC(=O)N(CC(=O)O)C1CCCN(C(=O)c2cn(-c3ccccc3)nc2C)CC1. The van der Waals surface area contributed by atoms with Crippen molar-refractivity contribution in [1.29, 1.82) is 0 Å². The van der Waals surface area contributed by atoms with Crippen LogP contribution in [0.2, 0.25) is 0 Å². The van der Waals surface area contributed by atoms with Crippen molar-refractivity contribution in [3.8, 4) is 5.69 Å². The van der Waals surface area contributed by atoms with Gasteiger partial charge in [0.1, 0.15) is 6.54 Å². The summed E-state index contributed by atoms with van der Waals surface area (Å²) >= 11 is 0. The van der Waals surface area contributed by atoms with Gasteiger partial charge in [-0.2, -0.15) is 5.10 Å². The van der Waals surface area contributed by atoms with Crippen LogP contribution in [0.15, 0.2) is 36.5 Å². The Morgan fingerprint density at radius 1 is 1.17 bits per heavy atom. The lowest BCUT2D eigenvalue weighted by molar-refractivity contribution is -0.145. The van der Waals surface area contributed by atoms with Gasteiger partial charge in [0.05, 0.1) is 16.9 Å². The molecule has 0 radical (unpaired) electrons. The number of para-hydroxylation sites is 1. The molecule has 2 amide bonds. The second-order valence-electron chi connectivity index (χ2n) is 7.33. The van der Waals surface area contributed by atoms with Crippen LogP contribution in [0.25, 0.3) is 5.69 Å². The van der Waals surface area contributed by atoms with Crippen LogP contribution in [-0.2, 0) is 9.59 Å². The molecule has 1 fully saturated rings. The van der Waals surface area contributed by atoms with Crippen molar-refractivity contribution in [3.63, 3.8) is 0 Å². The monoisotopic (exact) mass is 398 g/mol. The normalized spacial score (nSPS) is 16.9. The van der Waals surface area contributed by atoms with E-state index in [1.165, 1.54) is 11.8 Å². The minimum Gasteiger partial charge on any atom is -0.480 e. The van der Waals surface area contributed by atoms with Gasteiger partial charge in [0.25, 0.3) is 5.91 Å². The zero-order chi connectivity index (χ0) is 21.0. The van der Waals surface area contributed by atoms with Gasteiger partial charge in [0.2, 0.25) is 5.91 Å². The first-order chi connectivity index (χ1) is 13.9. The molecule has 1 N–H and O–H groups in total. The fourth-order valence-corrected chi connectivity index (χ4v) is 3.79. The van der Waals surface area contributed by atoms with Crippen LogP contribution in [0.3, 0.4) is 0 Å². The van der Waals surface area contributed by atoms with Crippen molar-refractivity contribution in [2.75, 3.05) is 19.6 Å². The molecule has 154 valence electrons. The number of carboxylic acids is 1. The zero-order valence-corrected chi connectivity index (χ0v) is 16.7. The molecule has 1 saturated heterocycles. The number of carbonyl (C=O) groups is 3. The van der Waals surface area contributed by atoms with E-state index in [-0.39, 0.29) is 24.4 Å². The van der Waals surface area contributed by atoms with Crippen molar-refractivity contribution in [2.24, 2.45) is 0 Å². The highest BCUT2D eigenvalue weighted by atomic mass is 16.4.